The molecule has 1 nitrogen and oxygen atoms in total. The quantitative estimate of drug-likeness (QED) is 0.190. The molecule has 8 aromatic carbocycles. The van der Waals surface area contributed by atoms with Crippen LogP contribution in [0.1, 0.15) is 0 Å². The first kappa shape index (κ1) is 25.6. The van der Waals surface area contributed by atoms with Gasteiger partial charge in [0, 0.05) is 17.1 Å². The lowest BCUT2D eigenvalue weighted by molar-refractivity contribution is 1.28. The van der Waals surface area contributed by atoms with Crippen molar-refractivity contribution in [2.24, 2.45) is 0 Å². The van der Waals surface area contributed by atoms with Gasteiger partial charge < -0.3 is 4.90 Å². The van der Waals surface area contributed by atoms with E-state index in [1.807, 2.05) is 0 Å². The zero-order valence-electron chi connectivity index (χ0n) is 24.7. The van der Waals surface area contributed by atoms with Crippen molar-refractivity contribution in [2.45, 2.75) is 0 Å². The molecule has 45 heavy (non-hydrogen) atoms. The number of para-hydroxylation sites is 2. The first-order valence-corrected chi connectivity index (χ1v) is 15.5. The third-order valence-electron chi connectivity index (χ3n) is 9.20. The number of anilines is 3. The molecule has 0 N–H and O–H groups in total. The summed E-state index contributed by atoms with van der Waals surface area (Å²) in [5.74, 6) is 0. The van der Waals surface area contributed by atoms with E-state index >= 15 is 0 Å². The molecule has 8 aromatic rings. The molecule has 1 heteroatoms. The molecule has 0 fully saturated rings. The molecule has 0 atom stereocenters. The van der Waals surface area contributed by atoms with Crippen LogP contribution in [0.15, 0.2) is 176 Å². The van der Waals surface area contributed by atoms with Crippen LogP contribution >= 0.6 is 0 Å². The summed E-state index contributed by atoms with van der Waals surface area (Å²) in [7, 11) is 0. The van der Waals surface area contributed by atoms with E-state index in [0.29, 0.717) is 0 Å². The SMILES string of the molecule is c1ccc(N(c2ccccc2)c2ccc(-c3c4ccccc4c4c5c(cccc35)-c3ccccc3-c3ccccc3-4)cc2)cc1. The molecule has 0 aromatic heterocycles. The minimum atomic E-state index is 1.13. The van der Waals surface area contributed by atoms with Crippen LogP contribution < -0.4 is 4.90 Å². The maximum atomic E-state index is 2.32. The molecule has 0 saturated carbocycles. The van der Waals surface area contributed by atoms with Gasteiger partial charge in [-0.2, -0.15) is 0 Å². The Hall–Kier alpha value is -5.92. The van der Waals surface area contributed by atoms with Crippen LogP contribution in [-0.4, -0.2) is 0 Å². The van der Waals surface area contributed by atoms with E-state index in [2.05, 4.69) is 181 Å². The van der Waals surface area contributed by atoms with Gasteiger partial charge in [-0.1, -0.05) is 140 Å². The Morgan fingerprint density at radius 1 is 0.267 bits per heavy atom. The molecular formula is C44H29N. The molecule has 210 valence electrons. The summed E-state index contributed by atoms with van der Waals surface area (Å²) in [6, 6.07) is 63.9. The van der Waals surface area contributed by atoms with E-state index in [0.717, 1.165) is 17.1 Å². The highest BCUT2D eigenvalue weighted by molar-refractivity contribution is 6.27. The molecule has 0 unspecified atom stereocenters. The second kappa shape index (κ2) is 10.4. The largest absolute Gasteiger partial charge is 0.311 e. The number of fused-ring (bicyclic) bond motifs is 7. The Kier molecular flexibility index (Phi) is 5.89. The number of nitrogens with zero attached hydrogens (tertiary/aromatic N) is 1. The molecule has 0 heterocycles. The number of rotatable bonds is 4. The van der Waals surface area contributed by atoms with Crippen molar-refractivity contribution >= 4 is 38.6 Å². The van der Waals surface area contributed by atoms with E-state index in [1.165, 1.54) is 66.1 Å². The van der Waals surface area contributed by atoms with Crippen molar-refractivity contribution in [3.63, 3.8) is 0 Å². The molecule has 0 bridgehead atoms. The van der Waals surface area contributed by atoms with Gasteiger partial charge in [-0.05, 0) is 102 Å². The lowest BCUT2D eigenvalue weighted by Gasteiger charge is -2.26. The number of hydrogen-bond acceptors (Lipinski definition) is 1. The second-order valence-corrected chi connectivity index (χ2v) is 11.7. The Balaban J connectivity index is 1.32. The predicted molar refractivity (Wildman–Crippen MR) is 191 cm³/mol. The Morgan fingerprint density at radius 2 is 0.689 bits per heavy atom. The molecule has 1 aliphatic rings. The Labute approximate surface area is 263 Å². The smallest absolute Gasteiger partial charge is 0.0462 e. The van der Waals surface area contributed by atoms with E-state index < -0.39 is 0 Å². The van der Waals surface area contributed by atoms with Gasteiger partial charge in [-0.25, -0.2) is 0 Å². The monoisotopic (exact) mass is 571 g/mol. The normalized spacial score (nSPS) is 11.6. The molecule has 0 radical (unpaired) electrons. The average Bonchev–Trinajstić information content (AvgIpc) is 3.24. The summed E-state index contributed by atoms with van der Waals surface area (Å²) >= 11 is 0. The van der Waals surface area contributed by atoms with Crippen LogP contribution in [0, 0.1) is 0 Å². The van der Waals surface area contributed by atoms with Gasteiger partial charge in [0.05, 0.1) is 0 Å². The van der Waals surface area contributed by atoms with Gasteiger partial charge in [0.15, 0.2) is 0 Å². The van der Waals surface area contributed by atoms with E-state index in [4.69, 9.17) is 0 Å². The van der Waals surface area contributed by atoms with Crippen molar-refractivity contribution in [3.8, 4) is 44.5 Å². The lowest BCUT2D eigenvalue weighted by atomic mass is 9.84. The summed E-state index contributed by atoms with van der Waals surface area (Å²) in [5.41, 5.74) is 13.7. The van der Waals surface area contributed by atoms with Gasteiger partial charge >= 0.3 is 0 Å². The van der Waals surface area contributed by atoms with Crippen LogP contribution in [0.25, 0.3) is 66.1 Å². The fraction of sp³-hybridized carbons (Fsp3) is 0. The molecular weight excluding hydrogens is 542 g/mol. The van der Waals surface area contributed by atoms with Gasteiger partial charge in [0.1, 0.15) is 0 Å². The third-order valence-corrected chi connectivity index (χ3v) is 9.20. The van der Waals surface area contributed by atoms with E-state index in [1.54, 1.807) is 0 Å². The standard InChI is InChI=1S/C44H29N/c1-3-14-31(15-4-1)45(32-16-5-2-6-17-32)33-28-26-30(27-29-33)42-39-22-11-12-23-40(39)43-37-21-10-9-20-35(37)34-18-7-8-19-36(34)38-24-13-25-41(42)44(38)43/h1-29H. The minimum absolute atomic E-state index is 1.13. The van der Waals surface area contributed by atoms with Crippen LogP contribution in [0.3, 0.4) is 0 Å². The van der Waals surface area contributed by atoms with Crippen LogP contribution in [0.2, 0.25) is 0 Å². The van der Waals surface area contributed by atoms with Crippen molar-refractivity contribution in [3.05, 3.63) is 176 Å². The Bertz CT molecular complexity index is 2310. The van der Waals surface area contributed by atoms with Crippen molar-refractivity contribution in [1.82, 2.24) is 0 Å². The summed E-state index contributed by atoms with van der Waals surface area (Å²) in [4.78, 5) is 2.32. The van der Waals surface area contributed by atoms with Gasteiger partial charge in [-0.3, -0.25) is 0 Å². The van der Waals surface area contributed by atoms with Crippen molar-refractivity contribution < 1.29 is 0 Å². The molecule has 0 spiro atoms. The highest BCUT2D eigenvalue weighted by Gasteiger charge is 2.25. The first-order chi connectivity index (χ1) is 22.4. The third kappa shape index (κ3) is 4.02. The maximum absolute atomic E-state index is 2.32. The zero-order valence-corrected chi connectivity index (χ0v) is 24.7. The molecule has 0 amide bonds. The second-order valence-electron chi connectivity index (χ2n) is 11.7. The highest BCUT2D eigenvalue weighted by Crippen LogP contribution is 2.52. The molecule has 1 aliphatic carbocycles. The first-order valence-electron chi connectivity index (χ1n) is 15.5. The van der Waals surface area contributed by atoms with Gasteiger partial charge in [-0.15, -0.1) is 0 Å². The lowest BCUT2D eigenvalue weighted by Crippen LogP contribution is -2.09. The van der Waals surface area contributed by atoms with Gasteiger partial charge in [0.25, 0.3) is 0 Å². The molecule has 9 rings (SSSR count). The van der Waals surface area contributed by atoms with E-state index in [-0.39, 0.29) is 0 Å². The average molecular weight is 572 g/mol. The summed E-state index contributed by atoms with van der Waals surface area (Å²) in [6.45, 7) is 0. The van der Waals surface area contributed by atoms with E-state index in [9.17, 15) is 0 Å². The summed E-state index contributed by atoms with van der Waals surface area (Å²) < 4.78 is 0. The highest BCUT2D eigenvalue weighted by atomic mass is 15.1. The molecule has 0 aliphatic heterocycles. The maximum Gasteiger partial charge on any atom is 0.0462 e. The topological polar surface area (TPSA) is 3.24 Å². The zero-order chi connectivity index (χ0) is 29.7. The minimum Gasteiger partial charge on any atom is -0.311 e. The van der Waals surface area contributed by atoms with Crippen LogP contribution in [-0.2, 0) is 0 Å². The Morgan fingerprint density at radius 3 is 1.31 bits per heavy atom. The molecule has 0 saturated heterocycles. The predicted octanol–water partition coefficient (Wildman–Crippen LogP) is 12.4. The number of hydrogen-bond donors (Lipinski definition) is 0. The van der Waals surface area contributed by atoms with Crippen molar-refractivity contribution in [1.29, 1.82) is 0 Å². The fourth-order valence-corrected chi connectivity index (χ4v) is 7.31. The summed E-state index contributed by atoms with van der Waals surface area (Å²) in [5, 5.41) is 5.16. The number of benzene rings is 8. The van der Waals surface area contributed by atoms with Gasteiger partial charge in [0.2, 0.25) is 0 Å². The van der Waals surface area contributed by atoms with Crippen molar-refractivity contribution in [2.75, 3.05) is 4.90 Å². The van der Waals surface area contributed by atoms with Crippen LogP contribution in [0.5, 0.6) is 0 Å². The van der Waals surface area contributed by atoms with Crippen LogP contribution in [0.4, 0.5) is 17.1 Å². The fourth-order valence-electron chi connectivity index (χ4n) is 7.31. The summed E-state index contributed by atoms with van der Waals surface area (Å²) in [6.07, 6.45) is 0.